The number of hydrogen-bond acceptors (Lipinski definition) is 1. The molecule has 2 fully saturated rings. The van der Waals surface area contributed by atoms with Crippen molar-refractivity contribution in [3.05, 3.63) is 54.1 Å². The van der Waals surface area contributed by atoms with E-state index in [1.165, 1.54) is 81.9 Å². The smallest absolute Gasteiger partial charge is 0.406 e. The van der Waals surface area contributed by atoms with Crippen molar-refractivity contribution in [2.75, 3.05) is 0 Å². The van der Waals surface area contributed by atoms with Crippen molar-refractivity contribution in [2.24, 2.45) is 17.8 Å². The molecule has 0 saturated heterocycles. The summed E-state index contributed by atoms with van der Waals surface area (Å²) in [5.74, 6) is 3.24. The summed E-state index contributed by atoms with van der Waals surface area (Å²) in [4.78, 5) is 0. The van der Waals surface area contributed by atoms with E-state index in [2.05, 4.69) is 35.9 Å². The van der Waals surface area contributed by atoms with Gasteiger partial charge in [-0.05, 0) is 84.6 Å². The molecule has 4 atom stereocenters. The van der Waals surface area contributed by atoms with Crippen LogP contribution in [0.15, 0.2) is 48.5 Å². The Labute approximate surface area is 190 Å². The summed E-state index contributed by atoms with van der Waals surface area (Å²) in [6.07, 6.45) is 9.13. The quantitative estimate of drug-likeness (QED) is 0.387. The van der Waals surface area contributed by atoms with Gasteiger partial charge in [0.1, 0.15) is 5.75 Å². The van der Waals surface area contributed by atoms with Crippen LogP contribution < -0.4 is 4.74 Å². The molecule has 174 valence electrons. The number of fused-ring (bicyclic) bond motifs is 1. The summed E-state index contributed by atoms with van der Waals surface area (Å²) >= 11 is 0. The summed E-state index contributed by atoms with van der Waals surface area (Å²) in [5, 5.41) is 0. The van der Waals surface area contributed by atoms with Crippen molar-refractivity contribution in [3.63, 3.8) is 0 Å². The van der Waals surface area contributed by atoms with E-state index in [9.17, 15) is 13.2 Å². The SMILES string of the molecule is CCCCCC1CC[C@@H]2C[C@H](c3ccc(-c4ccc(OC(F)(F)F)cc4)cc3)CC[C@@H]2C1. The highest BCUT2D eigenvalue weighted by Gasteiger charge is 2.35. The predicted octanol–water partition coefficient (Wildman–Crippen LogP) is 9.13. The lowest BCUT2D eigenvalue weighted by molar-refractivity contribution is -0.274. The number of benzene rings is 2. The molecule has 0 heterocycles. The van der Waals surface area contributed by atoms with E-state index in [1.54, 1.807) is 12.1 Å². The van der Waals surface area contributed by atoms with Gasteiger partial charge >= 0.3 is 6.36 Å². The molecule has 0 aromatic heterocycles. The van der Waals surface area contributed by atoms with E-state index < -0.39 is 6.36 Å². The number of halogens is 3. The van der Waals surface area contributed by atoms with Crippen LogP contribution in [0.2, 0.25) is 0 Å². The van der Waals surface area contributed by atoms with Crippen LogP contribution in [0.25, 0.3) is 11.1 Å². The third-order valence-electron chi connectivity index (χ3n) is 7.74. The number of alkyl halides is 3. The number of rotatable bonds is 7. The molecule has 0 bridgehead atoms. The van der Waals surface area contributed by atoms with Crippen molar-refractivity contribution in [1.29, 1.82) is 0 Å². The molecule has 32 heavy (non-hydrogen) atoms. The second-order valence-electron chi connectivity index (χ2n) is 9.90. The molecule has 1 nitrogen and oxygen atoms in total. The Bertz CT molecular complexity index is 840. The Morgan fingerprint density at radius 1 is 0.781 bits per heavy atom. The first-order valence-electron chi connectivity index (χ1n) is 12.4. The van der Waals surface area contributed by atoms with Crippen molar-refractivity contribution < 1.29 is 17.9 Å². The topological polar surface area (TPSA) is 9.23 Å². The van der Waals surface area contributed by atoms with E-state index in [1.807, 2.05) is 0 Å². The van der Waals surface area contributed by atoms with Crippen molar-refractivity contribution in [2.45, 2.75) is 83.4 Å². The van der Waals surface area contributed by atoms with Gasteiger partial charge in [0.2, 0.25) is 0 Å². The molecule has 2 aromatic carbocycles. The van der Waals surface area contributed by atoms with Crippen LogP contribution in [0.5, 0.6) is 5.75 Å². The molecule has 2 aromatic rings. The molecule has 0 N–H and O–H groups in total. The molecule has 4 heteroatoms. The van der Waals surface area contributed by atoms with E-state index >= 15 is 0 Å². The second-order valence-corrected chi connectivity index (χ2v) is 9.90. The second kappa shape index (κ2) is 10.3. The van der Waals surface area contributed by atoms with Crippen LogP contribution in [-0.2, 0) is 0 Å². The maximum absolute atomic E-state index is 12.3. The van der Waals surface area contributed by atoms with Crippen molar-refractivity contribution in [1.82, 2.24) is 0 Å². The highest BCUT2D eigenvalue weighted by molar-refractivity contribution is 5.64. The number of unbranched alkanes of at least 4 members (excludes halogenated alkanes) is 2. The molecule has 4 rings (SSSR count). The van der Waals surface area contributed by atoms with E-state index in [0.29, 0.717) is 5.92 Å². The highest BCUT2D eigenvalue weighted by Crippen LogP contribution is 2.48. The third kappa shape index (κ3) is 6.08. The minimum Gasteiger partial charge on any atom is -0.406 e. The first-order chi connectivity index (χ1) is 15.4. The number of ether oxygens (including phenoxy) is 1. The zero-order valence-corrected chi connectivity index (χ0v) is 19.0. The largest absolute Gasteiger partial charge is 0.573 e. The van der Waals surface area contributed by atoms with Gasteiger partial charge < -0.3 is 4.74 Å². The fourth-order valence-electron chi connectivity index (χ4n) is 6.03. The molecule has 0 amide bonds. The fraction of sp³-hybridized carbons (Fsp3) is 0.571. The molecule has 0 aliphatic heterocycles. The van der Waals surface area contributed by atoms with Gasteiger partial charge in [0.05, 0.1) is 0 Å². The van der Waals surface area contributed by atoms with E-state index in [-0.39, 0.29) is 5.75 Å². The summed E-state index contributed by atoms with van der Waals surface area (Å²) in [5.41, 5.74) is 3.33. The lowest BCUT2D eigenvalue weighted by atomic mass is 9.63. The fourth-order valence-corrected chi connectivity index (χ4v) is 6.03. The normalized spacial score (nSPS) is 25.9. The Hall–Kier alpha value is -1.97. The molecular formula is C28H35F3O. The van der Waals surface area contributed by atoms with Crippen molar-refractivity contribution in [3.8, 4) is 16.9 Å². The average Bonchev–Trinajstić information content (AvgIpc) is 2.78. The molecule has 1 unspecified atom stereocenters. The minimum atomic E-state index is -4.66. The maximum Gasteiger partial charge on any atom is 0.573 e. The summed E-state index contributed by atoms with van der Waals surface area (Å²) in [7, 11) is 0. The Morgan fingerprint density at radius 3 is 2.06 bits per heavy atom. The standard InChI is InChI=1S/C28H35F3O/c1-2-3-4-5-20-6-7-26-19-25(13-12-24(26)18-20)23-10-8-21(9-11-23)22-14-16-27(17-15-22)32-28(29,30)31/h8-11,14-17,20,24-26H,2-7,12-13,18-19H2,1H3/t20?,24-,25-,26-/m1/s1. The van der Waals surface area contributed by atoms with Crippen LogP contribution >= 0.6 is 0 Å². The van der Waals surface area contributed by atoms with Gasteiger partial charge in [-0.3, -0.25) is 0 Å². The van der Waals surface area contributed by atoms with Gasteiger partial charge in [-0.25, -0.2) is 0 Å². The third-order valence-corrected chi connectivity index (χ3v) is 7.74. The zero-order chi connectivity index (χ0) is 22.6. The first kappa shape index (κ1) is 23.2. The zero-order valence-electron chi connectivity index (χ0n) is 19.0. The highest BCUT2D eigenvalue weighted by atomic mass is 19.4. The number of hydrogen-bond donors (Lipinski definition) is 0. The van der Waals surface area contributed by atoms with Gasteiger partial charge in [0.25, 0.3) is 0 Å². The van der Waals surface area contributed by atoms with Gasteiger partial charge in [-0.1, -0.05) is 75.4 Å². The van der Waals surface area contributed by atoms with Crippen LogP contribution in [0, 0.1) is 17.8 Å². The molecule has 0 radical (unpaired) electrons. The maximum atomic E-state index is 12.3. The summed E-state index contributed by atoms with van der Waals surface area (Å²) < 4.78 is 41.0. The van der Waals surface area contributed by atoms with E-state index in [0.717, 1.165) is 28.9 Å². The minimum absolute atomic E-state index is 0.185. The van der Waals surface area contributed by atoms with Crippen molar-refractivity contribution >= 4 is 0 Å². The molecule has 2 aliphatic carbocycles. The van der Waals surface area contributed by atoms with Crippen LogP contribution in [0.4, 0.5) is 13.2 Å². The summed E-state index contributed by atoms with van der Waals surface area (Å²) in [6.45, 7) is 2.29. The van der Waals surface area contributed by atoms with E-state index in [4.69, 9.17) is 0 Å². The van der Waals surface area contributed by atoms with Gasteiger partial charge in [-0.2, -0.15) is 0 Å². The van der Waals surface area contributed by atoms with Crippen LogP contribution in [0.3, 0.4) is 0 Å². The summed E-state index contributed by atoms with van der Waals surface area (Å²) in [6, 6.07) is 14.7. The first-order valence-corrected chi connectivity index (χ1v) is 12.4. The Balaban J connectivity index is 1.32. The Morgan fingerprint density at radius 2 is 1.41 bits per heavy atom. The monoisotopic (exact) mass is 444 g/mol. The Kier molecular flexibility index (Phi) is 7.48. The lowest BCUT2D eigenvalue weighted by Crippen LogP contribution is -2.30. The molecule has 0 spiro atoms. The van der Waals surface area contributed by atoms with Gasteiger partial charge in [0.15, 0.2) is 0 Å². The lowest BCUT2D eigenvalue weighted by Gasteiger charge is -2.42. The average molecular weight is 445 g/mol. The van der Waals surface area contributed by atoms with Gasteiger partial charge in [0, 0.05) is 0 Å². The van der Waals surface area contributed by atoms with Gasteiger partial charge in [-0.15, -0.1) is 13.2 Å². The molecule has 2 aliphatic rings. The predicted molar refractivity (Wildman–Crippen MR) is 124 cm³/mol. The molecular weight excluding hydrogens is 409 g/mol. The molecule has 2 saturated carbocycles. The van der Waals surface area contributed by atoms with Crippen LogP contribution in [0.1, 0.15) is 82.6 Å². The van der Waals surface area contributed by atoms with Crippen LogP contribution in [-0.4, -0.2) is 6.36 Å².